The van der Waals surface area contributed by atoms with E-state index >= 15 is 0 Å². The van der Waals surface area contributed by atoms with E-state index in [1.54, 1.807) is 0 Å². The van der Waals surface area contributed by atoms with Crippen molar-refractivity contribution in [3.63, 3.8) is 0 Å². The predicted octanol–water partition coefficient (Wildman–Crippen LogP) is 0.0529. The van der Waals surface area contributed by atoms with Gasteiger partial charge >= 0.3 is 0 Å². The van der Waals surface area contributed by atoms with E-state index in [9.17, 15) is 10.2 Å². The molecule has 2 atom stereocenters. The van der Waals surface area contributed by atoms with Gasteiger partial charge in [0.25, 0.3) is 0 Å². The fraction of sp³-hybridized carbons (Fsp3) is 0.500. The lowest BCUT2D eigenvalue weighted by atomic mass is 10.1. The summed E-state index contributed by atoms with van der Waals surface area (Å²) in [5.74, 6) is 0. The molecule has 0 saturated heterocycles. The second-order valence-corrected chi connectivity index (χ2v) is 4.21. The summed E-state index contributed by atoms with van der Waals surface area (Å²) in [5, 5.41) is 31.0. The first-order chi connectivity index (χ1) is 7.55. The van der Waals surface area contributed by atoms with Crippen LogP contribution < -0.4 is 5.32 Å². The van der Waals surface area contributed by atoms with Gasteiger partial charge in [-0.05, 0) is 12.5 Å². The maximum atomic E-state index is 9.78. The first kappa shape index (κ1) is 13.1. The Hall–Kier alpha value is -0.940. The number of hydrogen-bond acceptors (Lipinski definition) is 4. The molecule has 4 N–H and O–H groups in total. The van der Waals surface area contributed by atoms with Crippen LogP contribution in [0.25, 0.3) is 0 Å². The van der Waals surface area contributed by atoms with Gasteiger partial charge in [-0.3, -0.25) is 0 Å². The Kier molecular flexibility index (Phi) is 4.89. The quantitative estimate of drug-likeness (QED) is 0.552. The highest BCUT2D eigenvalue weighted by molar-refractivity contribution is 5.17. The van der Waals surface area contributed by atoms with Crippen LogP contribution >= 0.6 is 0 Å². The fourth-order valence-electron chi connectivity index (χ4n) is 1.33. The van der Waals surface area contributed by atoms with Gasteiger partial charge in [-0.25, -0.2) is 0 Å². The predicted molar refractivity (Wildman–Crippen MR) is 62.0 cm³/mol. The van der Waals surface area contributed by atoms with Gasteiger partial charge in [-0.1, -0.05) is 30.3 Å². The number of rotatable bonds is 6. The molecule has 0 bridgehead atoms. The van der Waals surface area contributed by atoms with Crippen molar-refractivity contribution in [2.75, 3.05) is 19.7 Å². The zero-order valence-electron chi connectivity index (χ0n) is 9.43. The van der Waals surface area contributed by atoms with Gasteiger partial charge in [0.15, 0.2) is 0 Å². The maximum absolute atomic E-state index is 9.78. The number of benzene rings is 1. The van der Waals surface area contributed by atoms with E-state index in [-0.39, 0.29) is 13.2 Å². The lowest BCUT2D eigenvalue weighted by molar-refractivity contribution is 0.000729. The minimum atomic E-state index is -1.14. The van der Waals surface area contributed by atoms with E-state index in [4.69, 9.17) is 5.11 Å². The molecular formula is C12H19NO3. The third-order valence-corrected chi connectivity index (χ3v) is 2.37. The van der Waals surface area contributed by atoms with Crippen LogP contribution in [0, 0.1) is 0 Å². The van der Waals surface area contributed by atoms with E-state index < -0.39 is 11.7 Å². The normalized spacial score (nSPS) is 16.8. The fourth-order valence-corrected chi connectivity index (χ4v) is 1.33. The first-order valence-electron chi connectivity index (χ1n) is 5.32. The smallest absolute Gasteiger partial charge is 0.0972 e. The summed E-state index contributed by atoms with van der Waals surface area (Å²) in [5.41, 5.74) is -0.310. The molecule has 2 unspecified atom stereocenters. The van der Waals surface area contributed by atoms with E-state index in [2.05, 4.69) is 5.32 Å². The minimum Gasteiger partial charge on any atom is -0.393 e. The summed E-state index contributed by atoms with van der Waals surface area (Å²) in [7, 11) is 0. The number of hydrogen-bond donors (Lipinski definition) is 4. The van der Waals surface area contributed by atoms with Gasteiger partial charge in [0.05, 0.1) is 18.3 Å². The van der Waals surface area contributed by atoms with Crippen molar-refractivity contribution in [3.05, 3.63) is 35.9 Å². The third-order valence-electron chi connectivity index (χ3n) is 2.37. The number of aliphatic hydroxyl groups excluding tert-OH is 2. The average molecular weight is 225 g/mol. The molecule has 0 spiro atoms. The monoisotopic (exact) mass is 225 g/mol. The molecule has 0 aliphatic rings. The maximum Gasteiger partial charge on any atom is 0.0972 e. The molecule has 4 heteroatoms. The number of aliphatic hydroxyl groups is 3. The summed E-state index contributed by atoms with van der Waals surface area (Å²) < 4.78 is 0. The molecule has 4 nitrogen and oxygen atoms in total. The highest BCUT2D eigenvalue weighted by atomic mass is 16.3. The molecule has 1 aromatic rings. The molecule has 0 radical (unpaired) electrons. The Morgan fingerprint density at radius 1 is 1.31 bits per heavy atom. The molecule has 0 aliphatic heterocycles. The number of nitrogens with one attached hydrogen (secondary N) is 1. The summed E-state index contributed by atoms with van der Waals surface area (Å²) in [6.45, 7) is 1.82. The Bertz CT molecular complexity index is 300. The second-order valence-electron chi connectivity index (χ2n) is 4.21. The molecule has 0 fully saturated rings. The van der Waals surface area contributed by atoms with Gasteiger partial charge in [0, 0.05) is 13.1 Å². The van der Waals surface area contributed by atoms with Crippen LogP contribution in [0.3, 0.4) is 0 Å². The third kappa shape index (κ3) is 4.28. The topological polar surface area (TPSA) is 72.7 Å². The molecule has 0 saturated carbocycles. The molecule has 0 amide bonds. The van der Waals surface area contributed by atoms with Crippen LogP contribution in [0.4, 0.5) is 0 Å². The molecule has 0 heterocycles. The standard InChI is InChI=1S/C12H19NO3/c1-12(16,9-14)8-13-7-11(15)10-5-3-2-4-6-10/h2-6,11,13-16H,7-9H2,1H3. The van der Waals surface area contributed by atoms with Crippen LogP contribution in [0.15, 0.2) is 30.3 Å². The Balaban J connectivity index is 2.34. The SMILES string of the molecule is CC(O)(CO)CNCC(O)c1ccccc1. The Morgan fingerprint density at radius 3 is 2.50 bits per heavy atom. The van der Waals surface area contributed by atoms with Gasteiger partial charge in [0.2, 0.25) is 0 Å². The van der Waals surface area contributed by atoms with E-state index in [0.717, 1.165) is 5.56 Å². The van der Waals surface area contributed by atoms with Crippen molar-refractivity contribution >= 4 is 0 Å². The van der Waals surface area contributed by atoms with Crippen LogP contribution in [-0.2, 0) is 0 Å². The summed E-state index contributed by atoms with van der Waals surface area (Å²) in [6, 6.07) is 9.30. The van der Waals surface area contributed by atoms with Crippen molar-refractivity contribution in [2.24, 2.45) is 0 Å². The van der Waals surface area contributed by atoms with Gasteiger partial charge in [-0.2, -0.15) is 0 Å². The Labute approximate surface area is 95.6 Å². The molecule has 90 valence electrons. The lowest BCUT2D eigenvalue weighted by Crippen LogP contribution is -2.42. The van der Waals surface area contributed by atoms with Gasteiger partial charge < -0.3 is 20.6 Å². The molecule has 16 heavy (non-hydrogen) atoms. The molecular weight excluding hydrogens is 206 g/mol. The zero-order chi connectivity index (χ0) is 12.0. The summed E-state index contributed by atoms with van der Waals surface area (Å²) in [6.07, 6.45) is -0.601. The van der Waals surface area contributed by atoms with E-state index in [1.807, 2.05) is 30.3 Å². The van der Waals surface area contributed by atoms with Crippen LogP contribution in [0.2, 0.25) is 0 Å². The second kappa shape index (κ2) is 5.96. The summed E-state index contributed by atoms with van der Waals surface area (Å²) >= 11 is 0. The van der Waals surface area contributed by atoms with Crippen LogP contribution in [0.1, 0.15) is 18.6 Å². The summed E-state index contributed by atoms with van der Waals surface area (Å²) in [4.78, 5) is 0. The van der Waals surface area contributed by atoms with Crippen LogP contribution in [-0.4, -0.2) is 40.6 Å². The van der Waals surface area contributed by atoms with Crippen molar-refractivity contribution < 1.29 is 15.3 Å². The zero-order valence-corrected chi connectivity index (χ0v) is 9.43. The molecule has 1 aromatic carbocycles. The largest absolute Gasteiger partial charge is 0.393 e. The Morgan fingerprint density at radius 2 is 1.94 bits per heavy atom. The lowest BCUT2D eigenvalue weighted by Gasteiger charge is -2.21. The van der Waals surface area contributed by atoms with Crippen molar-refractivity contribution in [2.45, 2.75) is 18.6 Å². The van der Waals surface area contributed by atoms with Crippen molar-refractivity contribution in [1.29, 1.82) is 0 Å². The average Bonchev–Trinajstić information content (AvgIpc) is 2.30. The molecule has 0 aromatic heterocycles. The highest BCUT2D eigenvalue weighted by Crippen LogP contribution is 2.10. The minimum absolute atomic E-state index is 0.243. The van der Waals surface area contributed by atoms with Crippen molar-refractivity contribution in [3.8, 4) is 0 Å². The van der Waals surface area contributed by atoms with Crippen LogP contribution in [0.5, 0.6) is 0 Å². The van der Waals surface area contributed by atoms with Gasteiger partial charge in [-0.15, -0.1) is 0 Å². The van der Waals surface area contributed by atoms with E-state index in [1.165, 1.54) is 6.92 Å². The van der Waals surface area contributed by atoms with Crippen molar-refractivity contribution in [1.82, 2.24) is 5.32 Å². The molecule has 0 aliphatic carbocycles. The molecule has 1 rings (SSSR count). The van der Waals surface area contributed by atoms with E-state index in [0.29, 0.717) is 6.54 Å². The first-order valence-corrected chi connectivity index (χ1v) is 5.32. The highest BCUT2D eigenvalue weighted by Gasteiger charge is 2.18. The van der Waals surface area contributed by atoms with Gasteiger partial charge in [0.1, 0.15) is 0 Å².